The van der Waals surface area contributed by atoms with Crippen LogP contribution in [0, 0.1) is 19.8 Å². The molecule has 2 heterocycles. The van der Waals surface area contributed by atoms with Gasteiger partial charge in [0.15, 0.2) is 5.69 Å². The van der Waals surface area contributed by atoms with Crippen molar-refractivity contribution in [3.05, 3.63) is 51.8 Å². The number of nitrogens with zero attached hydrogens (tertiary/aromatic N) is 3. The molecule has 164 valence electrons. The highest BCUT2D eigenvalue weighted by Crippen LogP contribution is 2.57. The fraction of sp³-hybridized carbons (Fsp3) is 0.560. The number of likely N-dealkylation sites (tertiary alicyclic amines) is 1. The molecule has 1 saturated heterocycles. The monoisotopic (exact) mass is 421 g/mol. The van der Waals surface area contributed by atoms with E-state index in [-0.39, 0.29) is 18.4 Å². The Labute approximate surface area is 183 Å². The van der Waals surface area contributed by atoms with Gasteiger partial charge in [0.25, 0.3) is 0 Å². The third-order valence-electron chi connectivity index (χ3n) is 7.54. The highest BCUT2D eigenvalue weighted by molar-refractivity contribution is 5.90. The largest absolute Gasteiger partial charge is 0.461 e. The summed E-state index contributed by atoms with van der Waals surface area (Å²) < 4.78 is 7.00. The van der Waals surface area contributed by atoms with E-state index in [0.717, 1.165) is 50.0 Å². The Morgan fingerprint density at radius 2 is 1.97 bits per heavy atom. The summed E-state index contributed by atoms with van der Waals surface area (Å²) in [7, 11) is 0. The van der Waals surface area contributed by atoms with Crippen molar-refractivity contribution in [2.24, 2.45) is 5.92 Å². The van der Waals surface area contributed by atoms with Crippen LogP contribution in [0.25, 0.3) is 0 Å². The van der Waals surface area contributed by atoms with Crippen molar-refractivity contribution in [1.29, 1.82) is 0 Å². The van der Waals surface area contributed by atoms with Crippen LogP contribution in [0.2, 0.25) is 0 Å². The summed E-state index contributed by atoms with van der Waals surface area (Å²) in [4.78, 5) is 27.4. The number of amides is 1. The zero-order chi connectivity index (χ0) is 21.7. The topological polar surface area (TPSA) is 64.4 Å². The first-order valence-electron chi connectivity index (χ1n) is 11.6. The smallest absolute Gasteiger partial charge is 0.359 e. The summed E-state index contributed by atoms with van der Waals surface area (Å²) in [6.45, 7) is 8.27. The minimum absolute atomic E-state index is 0.0979. The van der Waals surface area contributed by atoms with Crippen LogP contribution < -0.4 is 0 Å². The molecule has 2 atom stereocenters. The summed E-state index contributed by atoms with van der Waals surface area (Å²) in [5.41, 5.74) is 6.69. The maximum absolute atomic E-state index is 13.1. The van der Waals surface area contributed by atoms with E-state index >= 15 is 0 Å². The van der Waals surface area contributed by atoms with Gasteiger partial charge in [-0.25, -0.2) is 4.79 Å². The molecule has 0 unspecified atom stereocenters. The standard InChI is InChI=1S/C25H31N3O3/c1-4-31-25(30)24-23-20-12-18(20)13-21(23)28(26-24)14-22(29)27-10-8-17(9-11-27)19-7-5-6-15(2)16(19)3/h5-7,17-18,20H,4,8-14H2,1-3H3/t18-,20-/m1/s1. The van der Waals surface area contributed by atoms with E-state index in [1.165, 1.54) is 16.7 Å². The normalized spacial score (nSPS) is 22.2. The van der Waals surface area contributed by atoms with Crippen molar-refractivity contribution in [3.63, 3.8) is 0 Å². The van der Waals surface area contributed by atoms with Crippen LogP contribution in [0.4, 0.5) is 0 Å². The highest BCUT2D eigenvalue weighted by Gasteiger charge is 2.50. The number of benzene rings is 1. The van der Waals surface area contributed by atoms with Gasteiger partial charge in [-0.1, -0.05) is 18.2 Å². The van der Waals surface area contributed by atoms with Gasteiger partial charge in [-0.15, -0.1) is 0 Å². The maximum atomic E-state index is 13.1. The van der Waals surface area contributed by atoms with E-state index < -0.39 is 0 Å². The third-order valence-corrected chi connectivity index (χ3v) is 7.54. The molecular weight excluding hydrogens is 390 g/mol. The molecule has 2 aromatic rings. The fourth-order valence-corrected chi connectivity index (χ4v) is 5.56. The number of aromatic nitrogens is 2. The Balaban J connectivity index is 1.27. The summed E-state index contributed by atoms with van der Waals surface area (Å²) in [6, 6.07) is 6.54. The number of hydrogen-bond donors (Lipinski definition) is 0. The van der Waals surface area contributed by atoms with Crippen LogP contribution in [-0.4, -0.2) is 46.3 Å². The first kappa shape index (κ1) is 20.3. The highest BCUT2D eigenvalue weighted by atomic mass is 16.5. The number of ether oxygens (including phenoxy) is 1. The molecule has 2 fully saturated rings. The summed E-state index contributed by atoms with van der Waals surface area (Å²) >= 11 is 0. The van der Waals surface area contributed by atoms with Crippen molar-refractivity contribution in [3.8, 4) is 0 Å². The molecule has 0 bridgehead atoms. The van der Waals surface area contributed by atoms with E-state index in [1.54, 1.807) is 11.6 Å². The van der Waals surface area contributed by atoms with Crippen molar-refractivity contribution in [2.45, 2.75) is 64.8 Å². The summed E-state index contributed by atoms with van der Waals surface area (Å²) in [6.07, 6.45) is 4.04. The van der Waals surface area contributed by atoms with Crippen molar-refractivity contribution >= 4 is 11.9 Å². The first-order valence-corrected chi connectivity index (χ1v) is 11.6. The van der Waals surface area contributed by atoms with Crippen LogP contribution in [0.15, 0.2) is 18.2 Å². The number of piperidine rings is 1. The lowest BCUT2D eigenvalue weighted by molar-refractivity contribution is -0.133. The Kier molecular flexibility index (Phi) is 5.11. The van der Waals surface area contributed by atoms with Gasteiger partial charge in [0.2, 0.25) is 5.91 Å². The number of carbonyl (C=O) groups excluding carboxylic acids is 2. The predicted molar refractivity (Wildman–Crippen MR) is 117 cm³/mol. The zero-order valence-electron chi connectivity index (χ0n) is 18.7. The number of carbonyl (C=O) groups is 2. The lowest BCUT2D eigenvalue weighted by Crippen LogP contribution is -2.40. The van der Waals surface area contributed by atoms with Gasteiger partial charge in [0, 0.05) is 24.3 Å². The van der Waals surface area contributed by atoms with Crippen LogP contribution in [-0.2, 0) is 22.5 Å². The number of esters is 1. The molecule has 0 spiro atoms. The van der Waals surface area contributed by atoms with E-state index in [4.69, 9.17) is 4.74 Å². The third kappa shape index (κ3) is 3.56. The van der Waals surface area contributed by atoms with Gasteiger partial charge in [-0.05, 0) is 80.9 Å². The lowest BCUT2D eigenvalue weighted by atomic mass is 9.85. The molecule has 1 aromatic heterocycles. The molecular formula is C25H31N3O3. The lowest BCUT2D eigenvalue weighted by Gasteiger charge is -2.33. The van der Waals surface area contributed by atoms with E-state index in [1.807, 2.05) is 4.90 Å². The number of fused-ring (bicyclic) bond motifs is 3. The Morgan fingerprint density at radius 3 is 2.71 bits per heavy atom. The minimum Gasteiger partial charge on any atom is -0.461 e. The maximum Gasteiger partial charge on any atom is 0.359 e. The van der Waals surface area contributed by atoms with Gasteiger partial charge in [-0.3, -0.25) is 9.48 Å². The molecule has 1 aromatic carbocycles. The van der Waals surface area contributed by atoms with Gasteiger partial charge < -0.3 is 9.64 Å². The van der Waals surface area contributed by atoms with Crippen LogP contribution >= 0.6 is 0 Å². The van der Waals surface area contributed by atoms with Crippen LogP contribution in [0.3, 0.4) is 0 Å². The van der Waals surface area contributed by atoms with Gasteiger partial charge in [0.05, 0.1) is 6.61 Å². The molecule has 1 amide bonds. The molecule has 0 N–H and O–H groups in total. The molecule has 1 aliphatic heterocycles. The zero-order valence-corrected chi connectivity index (χ0v) is 18.7. The van der Waals surface area contributed by atoms with Crippen LogP contribution in [0.1, 0.15) is 76.5 Å². The van der Waals surface area contributed by atoms with Crippen molar-refractivity contribution in [1.82, 2.24) is 14.7 Å². The SMILES string of the molecule is CCOC(=O)c1nn(CC(=O)N2CCC(c3cccc(C)c3C)CC2)c2c1[C@@H]1C[C@@H]1C2. The van der Waals surface area contributed by atoms with Crippen molar-refractivity contribution in [2.75, 3.05) is 19.7 Å². The number of hydrogen-bond acceptors (Lipinski definition) is 4. The Hall–Kier alpha value is -2.63. The average molecular weight is 422 g/mol. The van der Waals surface area contributed by atoms with Crippen LogP contribution in [0.5, 0.6) is 0 Å². The van der Waals surface area contributed by atoms with Gasteiger partial charge in [-0.2, -0.15) is 5.10 Å². The second-order valence-corrected chi connectivity index (χ2v) is 9.34. The summed E-state index contributed by atoms with van der Waals surface area (Å²) in [5, 5.41) is 4.54. The molecule has 3 aliphatic rings. The Morgan fingerprint density at radius 1 is 1.19 bits per heavy atom. The van der Waals surface area contributed by atoms with E-state index in [2.05, 4.69) is 37.1 Å². The van der Waals surface area contributed by atoms with E-state index in [9.17, 15) is 9.59 Å². The van der Waals surface area contributed by atoms with E-state index in [0.29, 0.717) is 30.1 Å². The second kappa shape index (κ2) is 7.81. The quantitative estimate of drug-likeness (QED) is 0.690. The molecule has 6 heteroatoms. The van der Waals surface area contributed by atoms with Gasteiger partial charge in [0.1, 0.15) is 6.54 Å². The van der Waals surface area contributed by atoms with Crippen molar-refractivity contribution < 1.29 is 14.3 Å². The minimum atomic E-state index is -0.355. The Bertz CT molecular complexity index is 1030. The second-order valence-electron chi connectivity index (χ2n) is 9.34. The molecule has 5 rings (SSSR count). The molecule has 31 heavy (non-hydrogen) atoms. The van der Waals surface area contributed by atoms with Gasteiger partial charge >= 0.3 is 5.97 Å². The molecule has 2 aliphatic carbocycles. The molecule has 0 radical (unpaired) electrons. The molecule has 6 nitrogen and oxygen atoms in total. The number of rotatable bonds is 5. The fourth-order valence-electron chi connectivity index (χ4n) is 5.56. The predicted octanol–water partition coefficient (Wildman–Crippen LogP) is 3.74. The molecule has 1 saturated carbocycles. The first-order chi connectivity index (χ1) is 15.0. The average Bonchev–Trinajstić information content (AvgIpc) is 3.29. The number of aryl methyl sites for hydroxylation is 1. The summed E-state index contributed by atoms with van der Waals surface area (Å²) in [5.74, 6) is 1.32.